The zero-order valence-electron chi connectivity index (χ0n) is 8.80. The van der Waals surface area contributed by atoms with Crippen molar-refractivity contribution in [2.75, 3.05) is 6.61 Å². The molecule has 0 aromatic heterocycles. The lowest BCUT2D eigenvalue weighted by atomic mass is 10.1. The van der Waals surface area contributed by atoms with E-state index in [0.717, 1.165) is 6.42 Å². The molecule has 3 nitrogen and oxygen atoms in total. The van der Waals surface area contributed by atoms with Gasteiger partial charge in [0.05, 0.1) is 13.0 Å². The summed E-state index contributed by atoms with van der Waals surface area (Å²) in [6, 6.07) is 2.65. The van der Waals surface area contributed by atoms with Crippen molar-refractivity contribution in [3.8, 4) is 5.75 Å². The summed E-state index contributed by atoms with van der Waals surface area (Å²) >= 11 is 3.12. The van der Waals surface area contributed by atoms with Crippen LogP contribution in [0.15, 0.2) is 16.6 Å². The molecule has 0 bridgehead atoms. The van der Waals surface area contributed by atoms with Crippen molar-refractivity contribution in [3.63, 3.8) is 0 Å². The van der Waals surface area contributed by atoms with Crippen LogP contribution in [0.4, 0.5) is 4.39 Å². The predicted molar refractivity (Wildman–Crippen MR) is 61.2 cm³/mol. The molecule has 0 heterocycles. The molecule has 0 spiro atoms. The van der Waals surface area contributed by atoms with E-state index in [1.807, 2.05) is 6.92 Å². The van der Waals surface area contributed by atoms with Gasteiger partial charge in [-0.3, -0.25) is 4.79 Å². The Bertz CT molecular complexity index is 393. The average molecular weight is 291 g/mol. The first-order valence-corrected chi connectivity index (χ1v) is 5.66. The normalized spacial score (nSPS) is 10.2. The van der Waals surface area contributed by atoms with E-state index in [9.17, 15) is 9.18 Å². The predicted octanol–water partition coefficient (Wildman–Crippen LogP) is 3.00. The molecular formula is C11H12BrFO3. The summed E-state index contributed by atoms with van der Waals surface area (Å²) in [5.41, 5.74) is 0.500. The van der Waals surface area contributed by atoms with Gasteiger partial charge in [0.15, 0.2) is 11.6 Å². The van der Waals surface area contributed by atoms with E-state index in [-0.39, 0.29) is 12.2 Å². The number of hydrogen-bond acceptors (Lipinski definition) is 2. The summed E-state index contributed by atoms with van der Waals surface area (Å²) in [4.78, 5) is 10.6. The van der Waals surface area contributed by atoms with E-state index in [2.05, 4.69) is 15.9 Å². The molecule has 0 unspecified atom stereocenters. The van der Waals surface area contributed by atoms with Crippen LogP contribution in [0.25, 0.3) is 0 Å². The molecule has 1 aromatic carbocycles. The molecule has 16 heavy (non-hydrogen) atoms. The molecule has 1 aromatic rings. The Morgan fingerprint density at radius 2 is 2.25 bits per heavy atom. The van der Waals surface area contributed by atoms with Crippen LogP contribution in [0.3, 0.4) is 0 Å². The van der Waals surface area contributed by atoms with Gasteiger partial charge in [0.25, 0.3) is 0 Å². The molecule has 5 heteroatoms. The number of carboxylic acid groups (broad SMARTS) is 1. The summed E-state index contributed by atoms with van der Waals surface area (Å²) < 4.78 is 19.0. The molecule has 0 fully saturated rings. The molecule has 0 radical (unpaired) electrons. The Balaban J connectivity index is 2.96. The van der Waals surface area contributed by atoms with E-state index < -0.39 is 11.8 Å². The quantitative estimate of drug-likeness (QED) is 0.907. The summed E-state index contributed by atoms with van der Waals surface area (Å²) in [6.07, 6.45) is 0.604. The number of carbonyl (C=O) groups is 1. The number of ether oxygens (including phenoxy) is 1. The van der Waals surface area contributed by atoms with Crippen molar-refractivity contribution in [1.82, 2.24) is 0 Å². The van der Waals surface area contributed by atoms with Gasteiger partial charge < -0.3 is 9.84 Å². The van der Waals surface area contributed by atoms with Gasteiger partial charge in [-0.1, -0.05) is 22.9 Å². The highest BCUT2D eigenvalue weighted by Gasteiger charge is 2.11. The Morgan fingerprint density at radius 1 is 1.56 bits per heavy atom. The van der Waals surface area contributed by atoms with Crippen LogP contribution in [0.5, 0.6) is 5.75 Å². The SMILES string of the molecule is CCCOc1cc(CC(=O)O)c(Br)cc1F. The molecule has 0 aliphatic carbocycles. The number of benzene rings is 1. The molecule has 0 saturated carbocycles. The van der Waals surface area contributed by atoms with Gasteiger partial charge in [0.2, 0.25) is 0 Å². The highest BCUT2D eigenvalue weighted by atomic mass is 79.9. The van der Waals surface area contributed by atoms with E-state index in [1.165, 1.54) is 12.1 Å². The zero-order chi connectivity index (χ0) is 12.1. The Labute approximate surface area is 101 Å². The first kappa shape index (κ1) is 13.0. The molecule has 0 atom stereocenters. The van der Waals surface area contributed by atoms with Gasteiger partial charge in [-0.05, 0) is 24.1 Å². The second kappa shape index (κ2) is 5.84. The summed E-state index contributed by atoms with van der Waals surface area (Å²) in [5.74, 6) is -1.36. The fourth-order valence-corrected chi connectivity index (χ4v) is 1.65. The van der Waals surface area contributed by atoms with Crippen molar-refractivity contribution in [2.24, 2.45) is 0 Å². The number of aliphatic carboxylic acids is 1. The fraction of sp³-hybridized carbons (Fsp3) is 0.364. The van der Waals surface area contributed by atoms with Crippen LogP contribution in [0.1, 0.15) is 18.9 Å². The maximum atomic E-state index is 13.4. The van der Waals surface area contributed by atoms with Crippen LogP contribution in [0.2, 0.25) is 0 Å². The zero-order valence-corrected chi connectivity index (χ0v) is 10.4. The third-order valence-corrected chi connectivity index (χ3v) is 2.64. The van der Waals surface area contributed by atoms with Gasteiger partial charge in [-0.15, -0.1) is 0 Å². The maximum absolute atomic E-state index is 13.4. The van der Waals surface area contributed by atoms with Gasteiger partial charge in [-0.2, -0.15) is 0 Å². The molecule has 1 N–H and O–H groups in total. The summed E-state index contributed by atoms with van der Waals surface area (Å²) in [7, 11) is 0. The van der Waals surface area contributed by atoms with Crippen molar-refractivity contribution in [1.29, 1.82) is 0 Å². The number of halogens is 2. The van der Waals surface area contributed by atoms with Crippen LogP contribution in [0, 0.1) is 5.82 Å². The van der Waals surface area contributed by atoms with E-state index in [4.69, 9.17) is 9.84 Å². The van der Waals surface area contributed by atoms with Gasteiger partial charge in [0.1, 0.15) is 0 Å². The third kappa shape index (κ3) is 3.48. The van der Waals surface area contributed by atoms with Crippen molar-refractivity contribution < 1.29 is 19.0 Å². The summed E-state index contributed by atoms with van der Waals surface area (Å²) in [6.45, 7) is 2.32. The lowest BCUT2D eigenvalue weighted by molar-refractivity contribution is -0.136. The highest BCUT2D eigenvalue weighted by molar-refractivity contribution is 9.10. The second-order valence-electron chi connectivity index (χ2n) is 3.29. The largest absolute Gasteiger partial charge is 0.491 e. The van der Waals surface area contributed by atoms with Crippen molar-refractivity contribution in [2.45, 2.75) is 19.8 Å². The minimum atomic E-state index is -0.964. The van der Waals surface area contributed by atoms with Gasteiger partial charge in [-0.25, -0.2) is 4.39 Å². The number of carboxylic acids is 1. The number of rotatable bonds is 5. The molecular weight excluding hydrogens is 279 g/mol. The smallest absolute Gasteiger partial charge is 0.307 e. The topological polar surface area (TPSA) is 46.5 Å². The molecule has 0 aliphatic heterocycles. The minimum Gasteiger partial charge on any atom is -0.491 e. The molecule has 1 rings (SSSR count). The third-order valence-electron chi connectivity index (χ3n) is 1.90. The first-order valence-electron chi connectivity index (χ1n) is 4.87. The summed E-state index contributed by atoms with van der Waals surface area (Å²) in [5, 5.41) is 8.67. The maximum Gasteiger partial charge on any atom is 0.307 e. The van der Waals surface area contributed by atoms with Crippen LogP contribution >= 0.6 is 15.9 Å². The van der Waals surface area contributed by atoms with Crippen LogP contribution < -0.4 is 4.74 Å². The lowest BCUT2D eigenvalue weighted by Crippen LogP contribution is -2.03. The fourth-order valence-electron chi connectivity index (χ4n) is 1.19. The van der Waals surface area contributed by atoms with Gasteiger partial charge in [0, 0.05) is 4.47 Å². The Kier molecular flexibility index (Phi) is 4.73. The minimum absolute atomic E-state index is 0.0984. The van der Waals surface area contributed by atoms with Crippen LogP contribution in [-0.2, 0) is 11.2 Å². The van der Waals surface area contributed by atoms with E-state index in [1.54, 1.807) is 0 Å². The van der Waals surface area contributed by atoms with Crippen molar-refractivity contribution in [3.05, 3.63) is 28.0 Å². The van der Waals surface area contributed by atoms with Crippen molar-refractivity contribution >= 4 is 21.9 Å². The lowest BCUT2D eigenvalue weighted by Gasteiger charge is -2.09. The molecule has 0 amide bonds. The van der Waals surface area contributed by atoms with Gasteiger partial charge >= 0.3 is 5.97 Å². The average Bonchev–Trinajstić information content (AvgIpc) is 2.20. The number of hydrogen-bond donors (Lipinski definition) is 1. The van der Waals surface area contributed by atoms with Crippen LogP contribution in [-0.4, -0.2) is 17.7 Å². The van der Waals surface area contributed by atoms with E-state index in [0.29, 0.717) is 16.6 Å². The van der Waals surface area contributed by atoms with E-state index >= 15 is 0 Å². The molecule has 0 aliphatic rings. The monoisotopic (exact) mass is 290 g/mol. The first-order chi connectivity index (χ1) is 7.54. The molecule has 0 saturated heterocycles. The highest BCUT2D eigenvalue weighted by Crippen LogP contribution is 2.26. The second-order valence-corrected chi connectivity index (χ2v) is 4.15. The Morgan fingerprint density at radius 3 is 2.81 bits per heavy atom. The Hall–Kier alpha value is -1.10. The molecule has 88 valence electrons. The standard InChI is InChI=1S/C11H12BrFO3/c1-2-3-16-10-4-7(5-11(14)15)8(12)6-9(10)13/h4,6H,2-3,5H2,1H3,(H,14,15).